The minimum Gasteiger partial charge on any atom is -0.494 e. The second-order valence-electron chi connectivity index (χ2n) is 3.79. The number of furan rings is 1. The molecule has 0 bridgehead atoms. The molecule has 0 spiro atoms. The molecule has 0 saturated carbocycles. The van der Waals surface area contributed by atoms with Gasteiger partial charge in [0, 0.05) is 0 Å². The van der Waals surface area contributed by atoms with E-state index >= 15 is 0 Å². The number of carbonyl (C=O) groups excluding carboxylic acids is 1. The van der Waals surface area contributed by atoms with E-state index in [1.165, 1.54) is 23.9 Å². The number of rotatable bonds is 3. The van der Waals surface area contributed by atoms with Crippen LogP contribution in [0.2, 0.25) is 0 Å². The van der Waals surface area contributed by atoms with Gasteiger partial charge < -0.3 is 9.15 Å². The molecule has 0 atom stereocenters. The van der Waals surface area contributed by atoms with Crippen LogP contribution in [0.1, 0.15) is 10.4 Å². The van der Waals surface area contributed by atoms with E-state index in [4.69, 9.17) is 9.15 Å². The molecule has 2 aromatic heterocycles. The normalized spacial score (nSPS) is 10.6. The summed E-state index contributed by atoms with van der Waals surface area (Å²) in [5.41, 5.74) is 1.21. The summed E-state index contributed by atoms with van der Waals surface area (Å²) in [6.45, 7) is 0. The number of thiazole rings is 1. The molecule has 0 unspecified atom stereocenters. The lowest BCUT2D eigenvalue weighted by molar-refractivity contribution is 0.102. The first-order valence-corrected chi connectivity index (χ1v) is 6.36. The van der Waals surface area contributed by atoms with Gasteiger partial charge in [-0.2, -0.15) is 0 Å². The summed E-state index contributed by atoms with van der Waals surface area (Å²) in [5, 5.41) is 3.27. The highest BCUT2D eigenvalue weighted by molar-refractivity contribution is 7.22. The fraction of sp³-hybridized carbons (Fsp3) is 0.0769. The van der Waals surface area contributed by atoms with Gasteiger partial charge >= 0.3 is 0 Å². The molecule has 0 saturated heterocycles. The quantitative estimate of drug-likeness (QED) is 0.796. The number of hydrogen-bond acceptors (Lipinski definition) is 5. The fourth-order valence-electron chi connectivity index (χ4n) is 1.70. The van der Waals surface area contributed by atoms with Crippen molar-refractivity contribution in [3.05, 3.63) is 42.4 Å². The van der Waals surface area contributed by atoms with Crippen LogP contribution in [0.3, 0.4) is 0 Å². The van der Waals surface area contributed by atoms with Crippen LogP contribution in [0.5, 0.6) is 5.75 Å². The smallest absolute Gasteiger partial charge is 0.260 e. The van der Waals surface area contributed by atoms with Crippen molar-refractivity contribution in [2.24, 2.45) is 0 Å². The maximum absolute atomic E-state index is 11.9. The summed E-state index contributed by atoms with van der Waals surface area (Å²) >= 11 is 1.40. The van der Waals surface area contributed by atoms with Crippen LogP contribution in [-0.4, -0.2) is 18.0 Å². The molecular weight excluding hydrogens is 264 g/mol. The molecule has 0 aliphatic carbocycles. The molecule has 5 nitrogen and oxygen atoms in total. The highest BCUT2D eigenvalue weighted by Crippen LogP contribution is 2.32. The third-order valence-electron chi connectivity index (χ3n) is 2.61. The van der Waals surface area contributed by atoms with Crippen molar-refractivity contribution >= 4 is 32.6 Å². The number of amides is 1. The fourth-order valence-corrected chi connectivity index (χ4v) is 2.58. The van der Waals surface area contributed by atoms with Gasteiger partial charge in [0.1, 0.15) is 17.5 Å². The largest absolute Gasteiger partial charge is 0.494 e. The number of nitrogens with zero attached hydrogens (tertiary/aromatic N) is 1. The number of ether oxygens (including phenoxy) is 1. The Morgan fingerprint density at radius 2 is 2.32 bits per heavy atom. The van der Waals surface area contributed by atoms with Gasteiger partial charge in [-0.05, 0) is 18.2 Å². The second kappa shape index (κ2) is 4.74. The molecule has 6 heteroatoms. The summed E-state index contributed by atoms with van der Waals surface area (Å²) in [4.78, 5) is 16.2. The Balaban J connectivity index is 1.92. The first-order chi connectivity index (χ1) is 9.28. The Morgan fingerprint density at radius 3 is 3.05 bits per heavy atom. The minimum absolute atomic E-state index is 0.244. The van der Waals surface area contributed by atoms with Crippen molar-refractivity contribution < 1.29 is 13.9 Å². The number of benzene rings is 1. The van der Waals surface area contributed by atoms with E-state index in [2.05, 4.69) is 10.3 Å². The summed E-state index contributed by atoms with van der Waals surface area (Å²) in [7, 11) is 1.60. The molecule has 0 aliphatic rings. The van der Waals surface area contributed by atoms with Crippen molar-refractivity contribution in [2.75, 3.05) is 12.4 Å². The Kier molecular flexibility index (Phi) is 2.92. The average Bonchev–Trinajstić information content (AvgIpc) is 3.06. The number of carbonyl (C=O) groups is 1. The molecule has 2 heterocycles. The van der Waals surface area contributed by atoms with Crippen LogP contribution in [0.25, 0.3) is 10.2 Å². The number of fused-ring (bicyclic) bond motifs is 1. The van der Waals surface area contributed by atoms with Gasteiger partial charge in [-0.1, -0.05) is 17.4 Å². The van der Waals surface area contributed by atoms with E-state index in [1.807, 2.05) is 18.2 Å². The highest BCUT2D eigenvalue weighted by Gasteiger charge is 2.12. The molecule has 1 amide bonds. The third kappa shape index (κ3) is 2.17. The summed E-state index contributed by atoms with van der Waals surface area (Å²) in [5.74, 6) is 0.448. The number of methoxy groups -OCH3 is 1. The van der Waals surface area contributed by atoms with E-state index < -0.39 is 0 Å². The molecule has 19 heavy (non-hydrogen) atoms. The van der Waals surface area contributed by atoms with Crippen molar-refractivity contribution in [3.8, 4) is 5.75 Å². The van der Waals surface area contributed by atoms with E-state index in [0.717, 1.165) is 10.2 Å². The van der Waals surface area contributed by atoms with E-state index in [-0.39, 0.29) is 5.91 Å². The molecule has 0 aliphatic heterocycles. The Hall–Kier alpha value is -2.34. The Labute approximate surface area is 112 Å². The van der Waals surface area contributed by atoms with Gasteiger partial charge in [0.25, 0.3) is 5.91 Å². The Morgan fingerprint density at radius 1 is 1.42 bits per heavy atom. The zero-order valence-corrected chi connectivity index (χ0v) is 10.9. The molecule has 96 valence electrons. The van der Waals surface area contributed by atoms with Gasteiger partial charge in [-0.25, -0.2) is 4.98 Å². The zero-order valence-electron chi connectivity index (χ0n) is 10.0. The third-order valence-corrected chi connectivity index (χ3v) is 3.54. The predicted molar refractivity (Wildman–Crippen MR) is 72.8 cm³/mol. The van der Waals surface area contributed by atoms with Crippen molar-refractivity contribution in [3.63, 3.8) is 0 Å². The molecular formula is C13H10N2O3S. The summed E-state index contributed by atoms with van der Waals surface area (Å²) in [6.07, 6.45) is 2.85. The van der Waals surface area contributed by atoms with Gasteiger partial charge in [0.15, 0.2) is 5.13 Å². The van der Waals surface area contributed by atoms with Gasteiger partial charge in [0.2, 0.25) is 0 Å². The van der Waals surface area contributed by atoms with Crippen LogP contribution in [0, 0.1) is 0 Å². The van der Waals surface area contributed by atoms with Crippen molar-refractivity contribution in [1.29, 1.82) is 0 Å². The topological polar surface area (TPSA) is 64.4 Å². The van der Waals surface area contributed by atoms with E-state index in [1.54, 1.807) is 13.2 Å². The van der Waals surface area contributed by atoms with E-state index in [9.17, 15) is 4.79 Å². The van der Waals surface area contributed by atoms with Gasteiger partial charge in [-0.15, -0.1) is 0 Å². The number of hydrogen-bond donors (Lipinski definition) is 1. The lowest BCUT2D eigenvalue weighted by Crippen LogP contribution is -2.10. The lowest BCUT2D eigenvalue weighted by Gasteiger charge is -1.98. The first kappa shape index (κ1) is 11.7. The zero-order chi connectivity index (χ0) is 13.2. The monoisotopic (exact) mass is 274 g/mol. The van der Waals surface area contributed by atoms with Crippen molar-refractivity contribution in [2.45, 2.75) is 0 Å². The van der Waals surface area contributed by atoms with E-state index in [0.29, 0.717) is 16.4 Å². The highest BCUT2D eigenvalue weighted by atomic mass is 32.1. The molecule has 3 aromatic rings. The molecule has 1 aromatic carbocycles. The number of anilines is 1. The lowest BCUT2D eigenvalue weighted by atomic mass is 10.3. The maximum atomic E-state index is 11.9. The maximum Gasteiger partial charge on any atom is 0.260 e. The SMILES string of the molecule is COc1cccc2sc(NC(=O)c3ccoc3)nc12. The minimum atomic E-state index is -0.244. The molecule has 0 fully saturated rings. The average molecular weight is 274 g/mol. The molecule has 1 N–H and O–H groups in total. The standard InChI is InChI=1S/C13H10N2O3S/c1-17-9-3-2-4-10-11(9)14-13(19-10)15-12(16)8-5-6-18-7-8/h2-7H,1H3,(H,14,15,16). The van der Waals surface area contributed by atoms with Crippen LogP contribution in [0.4, 0.5) is 5.13 Å². The van der Waals surface area contributed by atoms with Crippen LogP contribution in [-0.2, 0) is 0 Å². The van der Waals surface area contributed by atoms with Crippen LogP contribution < -0.4 is 10.1 Å². The van der Waals surface area contributed by atoms with Crippen LogP contribution in [0.15, 0.2) is 41.2 Å². The summed E-state index contributed by atoms with van der Waals surface area (Å²) < 4.78 is 11.1. The van der Waals surface area contributed by atoms with Crippen LogP contribution >= 0.6 is 11.3 Å². The van der Waals surface area contributed by atoms with Gasteiger partial charge in [-0.3, -0.25) is 10.1 Å². The molecule has 0 radical (unpaired) electrons. The second-order valence-corrected chi connectivity index (χ2v) is 4.82. The predicted octanol–water partition coefficient (Wildman–Crippen LogP) is 3.15. The summed E-state index contributed by atoms with van der Waals surface area (Å²) in [6, 6.07) is 7.26. The number of para-hydroxylation sites is 1. The molecule has 3 rings (SSSR count). The van der Waals surface area contributed by atoms with Gasteiger partial charge in [0.05, 0.1) is 23.6 Å². The number of nitrogens with one attached hydrogen (secondary N) is 1. The number of aromatic nitrogens is 1. The van der Waals surface area contributed by atoms with Crippen molar-refractivity contribution in [1.82, 2.24) is 4.98 Å². The Bertz CT molecular complexity index is 719. The first-order valence-electron chi connectivity index (χ1n) is 5.55.